The smallest absolute Gasteiger partial charge is 0.0738 e. The van der Waals surface area contributed by atoms with Crippen LogP contribution in [-0.4, -0.2) is 17.6 Å². The first-order valence-electron chi connectivity index (χ1n) is 5.29. The van der Waals surface area contributed by atoms with Crippen LogP contribution in [0.5, 0.6) is 0 Å². The topological polar surface area (TPSA) is 42.2 Å². The Morgan fingerprint density at radius 1 is 1.57 bits per heavy atom. The molecule has 14 heavy (non-hydrogen) atoms. The van der Waals surface area contributed by atoms with Gasteiger partial charge in [-0.3, -0.25) is 4.98 Å². The monoisotopic (exact) mass is 191 g/mol. The average Bonchev–Trinajstić information content (AvgIpc) is 2.99. The molecule has 2 rings (SSSR count). The Bertz CT molecular complexity index is 307. The van der Waals surface area contributed by atoms with Gasteiger partial charge in [0, 0.05) is 18.8 Å². The lowest BCUT2D eigenvalue weighted by Crippen LogP contribution is -2.27. The van der Waals surface area contributed by atoms with Crippen LogP contribution in [0.2, 0.25) is 0 Å². The number of nitrogens with zero attached hydrogens (tertiary/aromatic N) is 2. The van der Waals surface area contributed by atoms with Crippen LogP contribution in [-0.2, 0) is 0 Å². The number of rotatable bonds is 4. The molecular formula is C11H17N3. The molecule has 76 valence electrons. The van der Waals surface area contributed by atoms with Crippen LogP contribution in [0.4, 0.5) is 11.4 Å². The summed E-state index contributed by atoms with van der Waals surface area (Å²) in [6, 6.07) is 2.74. The summed E-state index contributed by atoms with van der Waals surface area (Å²) in [5.74, 6) is 0. The molecule has 1 saturated carbocycles. The van der Waals surface area contributed by atoms with Gasteiger partial charge < -0.3 is 10.6 Å². The molecule has 0 spiro atoms. The fourth-order valence-electron chi connectivity index (χ4n) is 1.79. The number of nitrogens with two attached hydrogens (primary N) is 1. The molecule has 0 atom stereocenters. The summed E-state index contributed by atoms with van der Waals surface area (Å²) in [6.45, 7) is 3.30. The molecule has 0 radical (unpaired) electrons. The van der Waals surface area contributed by atoms with Crippen molar-refractivity contribution in [2.24, 2.45) is 0 Å². The summed E-state index contributed by atoms with van der Waals surface area (Å²) < 4.78 is 0. The van der Waals surface area contributed by atoms with E-state index in [4.69, 9.17) is 5.73 Å². The van der Waals surface area contributed by atoms with Gasteiger partial charge in [0.25, 0.3) is 0 Å². The summed E-state index contributed by atoms with van der Waals surface area (Å²) in [5, 5.41) is 0. The number of hydrogen-bond donors (Lipinski definition) is 1. The first kappa shape index (κ1) is 9.31. The van der Waals surface area contributed by atoms with E-state index < -0.39 is 0 Å². The van der Waals surface area contributed by atoms with Crippen LogP contribution in [0, 0.1) is 0 Å². The normalized spacial score (nSPS) is 15.5. The molecule has 0 aliphatic heterocycles. The first-order chi connectivity index (χ1) is 6.83. The molecule has 1 aliphatic carbocycles. The molecule has 3 heteroatoms. The largest absolute Gasteiger partial charge is 0.396 e. The third-order valence-electron chi connectivity index (χ3n) is 2.59. The molecule has 0 unspecified atom stereocenters. The Balaban J connectivity index is 2.21. The predicted octanol–water partition coefficient (Wildman–Crippen LogP) is 2.04. The molecule has 1 aliphatic rings. The van der Waals surface area contributed by atoms with Crippen molar-refractivity contribution < 1.29 is 0 Å². The number of pyridine rings is 1. The Morgan fingerprint density at radius 3 is 2.93 bits per heavy atom. The predicted molar refractivity (Wildman–Crippen MR) is 59.3 cm³/mol. The highest BCUT2D eigenvalue weighted by molar-refractivity contribution is 5.66. The van der Waals surface area contributed by atoms with Crippen molar-refractivity contribution in [3.63, 3.8) is 0 Å². The Kier molecular flexibility index (Phi) is 2.57. The Morgan fingerprint density at radius 2 is 2.36 bits per heavy atom. The highest BCUT2D eigenvalue weighted by atomic mass is 15.2. The van der Waals surface area contributed by atoms with Crippen molar-refractivity contribution in [2.75, 3.05) is 17.2 Å². The number of aromatic nitrogens is 1. The van der Waals surface area contributed by atoms with Crippen LogP contribution in [0.3, 0.4) is 0 Å². The zero-order valence-electron chi connectivity index (χ0n) is 8.61. The van der Waals surface area contributed by atoms with E-state index in [9.17, 15) is 0 Å². The van der Waals surface area contributed by atoms with E-state index in [2.05, 4.69) is 16.8 Å². The summed E-state index contributed by atoms with van der Waals surface area (Å²) in [5.41, 5.74) is 7.87. The molecule has 3 nitrogen and oxygen atoms in total. The lowest BCUT2D eigenvalue weighted by molar-refractivity contribution is 0.763. The van der Waals surface area contributed by atoms with E-state index in [-0.39, 0.29) is 0 Å². The highest BCUT2D eigenvalue weighted by Crippen LogP contribution is 2.34. The molecule has 1 aromatic heterocycles. The third kappa shape index (κ3) is 1.81. The number of nitrogen functional groups attached to an aromatic ring is 1. The molecule has 0 bridgehead atoms. The summed E-state index contributed by atoms with van der Waals surface area (Å²) in [4.78, 5) is 6.43. The minimum atomic E-state index is 0.722. The summed E-state index contributed by atoms with van der Waals surface area (Å²) in [6.07, 6.45) is 7.33. The van der Waals surface area contributed by atoms with Crippen molar-refractivity contribution in [2.45, 2.75) is 32.2 Å². The first-order valence-corrected chi connectivity index (χ1v) is 5.29. The second-order valence-corrected chi connectivity index (χ2v) is 3.86. The van der Waals surface area contributed by atoms with E-state index in [0.29, 0.717) is 0 Å². The van der Waals surface area contributed by atoms with Gasteiger partial charge in [-0.2, -0.15) is 0 Å². The fraction of sp³-hybridized carbons (Fsp3) is 0.545. The van der Waals surface area contributed by atoms with Crippen LogP contribution < -0.4 is 10.6 Å². The lowest BCUT2D eigenvalue weighted by atomic mass is 10.3. The maximum atomic E-state index is 5.91. The maximum Gasteiger partial charge on any atom is 0.0738 e. The summed E-state index contributed by atoms with van der Waals surface area (Å²) >= 11 is 0. The molecule has 0 saturated heterocycles. The van der Waals surface area contributed by atoms with Crippen molar-refractivity contribution in [1.82, 2.24) is 4.98 Å². The number of hydrogen-bond acceptors (Lipinski definition) is 3. The maximum absolute atomic E-state index is 5.91. The second kappa shape index (κ2) is 3.86. The molecule has 2 N–H and O–H groups in total. The standard InChI is InChI=1S/C11H17N3/c1-2-7-14(9-3-4-9)11-5-6-13-8-10(11)12/h5-6,8-9H,2-4,7,12H2,1H3. The minimum absolute atomic E-state index is 0.722. The van der Waals surface area contributed by atoms with E-state index in [1.807, 2.05) is 12.3 Å². The van der Waals surface area contributed by atoms with Crippen LogP contribution in [0.15, 0.2) is 18.5 Å². The Hall–Kier alpha value is -1.25. The quantitative estimate of drug-likeness (QED) is 0.792. The minimum Gasteiger partial charge on any atom is -0.396 e. The van der Waals surface area contributed by atoms with Gasteiger partial charge in [-0.1, -0.05) is 6.92 Å². The average molecular weight is 191 g/mol. The van der Waals surface area contributed by atoms with Gasteiger partial charge in [-0.05, 0) is 25.3 Å². The molecule has 1 fully saturated rings. The molecule has 0 amide bonds. The Labute approximate surface area is 84.9 Å². The third-order valence-corrected chi connectivity index (χ3v) is 2.59. The number of anilines is 2. The van der Waals surface area contributed by atoms with Gasteiger partial charge in [-0.15, -0.1) is 0 Å². The summed E-state index contributed by atoms with van der Waals surface area (Å²) in [7, 11) is 0. The van der Waals surface area contributed by atoms with Gasteiger partial charge in [0.2, 0.25) is 0 Å². The van der Waals surface area contributed by atoms with Crippen LogP contribution in [0.25, 0.3) is 0 Å². The van der Waals surface area contributed by atoms with E-state index in [1.165, 1.54) is 12.8 Å². The van der Waals surface area contributed by atoms with Gasteiger partial charge in [0.05, 0.1) is 17.6 Å². The van der Waals surface area contributed by atoms with Crippen molar-refractivity contribution in [3.05, 3.63) is 18.5 Å². The van der Waals surface area contributed by atoms with Crippen molar-refractivity contribution >= 4 is 11.4 Å². The molecule has 1 aromatic rings. The molecular weight excluding hydrogens is 174 g/mol. The van der Waals surface area contributed by atoms with Crippen LogP contribution in [0.1, 0.15) is 26.2 Å². The zero-order chi connectivity index (χ0) is 9.97. The molecule has 0 aromatic carbocycles. The van der Waals surface area contributed by atoms with Gasteiger partial charge in [0.15, 0.2) is 0 Å². The van der Waals surface area contributed by atoms with Gasteiger partial charge in [0.1, 0.15) is 0 Å². The fourth-order valence-corrected chi connectivity index (χ4v) is 1.79. The van der Waals surface area contributed by atoms with Crippen molar-refractivity contribution in [3.8, 4) is 0 Å². The zero-order valence-corrected chi connectivity index (χ0v) is 8.61. The van der Waals surface area contributed by atoms with Crippen molar-refractivity contribution in [1.29, 1.82) is 0 Å². The SMILES string of the molecule is CCCN(c1ccncc1N)C1CC1. The van der Waals surface area contributed by atoms with Crippen LogP contribution >= 0.6 is 0 Å². The van der Waals surface area contributed by atoms with E-state index >= 15 is 0 Å². The van der Waals surface area contributed by atoms with Gasteiger partial charge >= 0.3 is 0 Å². The second-order valence-electron chi connectivity index (χ2n) is 3.86. The lowest BCUT2D eigenvalue weighted by Gasteiger charge is -2.25. The van der Waals surface area contributed by atoms with E-state index in [0.717, 1.165) is 30.4 Å². The van der Waals surface area contributed by atoms with E-state index in [1.54, 1.807) is 6.20 Å². The highest BCUT2D eigenvalue weighted by Gasteiger charge is 2.29. The van der Waals surface area contributed by atoms with Gasteiger partial charge in [-0.25, -0.2) is 0 Å². The molecule has 1 heterocycles.